The summed E-state index contributed by atoms with van der Waals surface area (Å²) >= 11 is 0. The lowest BCUT2D eigenvalue weighted by atomic mass is 9.78. The zero-order valence-electron chi connectivity index (χ0n) is 18.2. The molecule has 2 aromatic rings. The molecule has 0 radical (unpaired) electrons. The first-order valence-corrected chi connectivity index (χ1v) is 10.2. The van der Waals surface area contributed by atoms with Gasteiger partial charge in [-0.3, -0.25) is 4.79 Å². The van der Waals surface area contributed by atoms with Gasteiger partial charge in [0.15, 0.2) is 0 Å². The minimum Gasteiger partial charge on any atom is -0.494 e. The summed E-state index contributed by atoms with van der Waals surface area (Å²) in [5.41, 5.74) is 1.50. The molecule has 3 rings (SSSR count). The molecule has 160 valence electrons. The minimum absolute atomic E-state index is 0.0890. The molecule has 0 amide bonds. The van der Waals surface area contributed by atoms with Crippen molar-refractivity contribution >= 4 is 18.6 Å². The highest BCUT2D eigenvalue weighted by Gasteiger charge is 2.51. The molecule has 0 aliphatic carbocycles. The van der Waals surface area contributed by atoms with Gasteiger partial charge in [0, 0.05) is 5.56 Å². The monoisotopic (exact) mass is 412 g/mol. The van der Waals surface area contributed by atoms with Crippen LogP contribution < -0.4 is 14.9 Å². The van der Waals surface area contributed by atoms with Gasteiger partial charge >= 0.3 is 13.1 Å². The Labute approximate surface area is 178 Å². The lowest BCUT2D eigenvalue weighted by Crippen LogP contribution is -2.41. The summed E-state index contributed by atoms with van der Waals surface area (Å²) < 4.78 is 24.1. The number of aliphatic carboxylic acids is 1. The SMILES string of the molecule is CCOc1cc(COc2ccccc2CC(=O)O)cc(B2OC(C)(C)C(C)(C)O2)c1. The van der Waals surface area contributed by atoms with E-state index < -0.39 is 24.3 Å². The lowest BCUT2D eigenvalue weighted by Gasteiger charge is -2.32. The first kappa shape index (κ1) is 22.2. The Morgan fingerprint density at radius 2 is 1.70 bits per heavy atom. The van der Waals surface area contributed by atoms with Crippen LogP contribution >= 0.6 is 0 Å². The molecule has 0 unspecified atom stereocenters. The molecule has 1 N–H and O–H groups in total. The summed E-state index contributed by atoms with van der Waals surface area (Å²) in [5, 5.41) is 9.11. The van der Waals surface area contributed by atoms with Crippen molar-refractivity contribution < 1.29 is 28.7 Å². The van der Waals surface area contributed by atoms with Crippen LogP contribution in [0.3, 0.4) is 0 Å². The highest BCUT2D eigenvalue weighted by molar-refractivity contribution is 6.62. The minimum atomic E-state index is -0.896. The van der Waals surface area contributed by atoms with E-state index in [4.69, 9.17) is 23.9 Å². The molecular weight excluding hydrogens is 383 g/mol. The molecule has 1 aliphatic heterocycles. The Morgan fingerprint density at radius 1 is 1.03 bits per heavy atom. The third-order valence-electron chi connectivity index (χ3n) is 5.53. The van der Waals surface area contributed by atoms with Gasteiger partial charge in [-0.25, -0.2) is 0 Å². The van der Waals surface area contributed by atoms with Crippen LogP contribution in [0.15, 0.2) is 42.5 Å². The number of carboxylic acids is 1. The maximum atomic E-state index is 11.1. The molecule has 0 aromatic heterocycles. The van der Waals surface area contributed by atoms with E-state index in [9.17, 15) is 4.79 Å². The Morgan fingerprint density at radius 3 is 2.33 bits per heavy atom. The van der Waals surface area contributed by atoms with Crippen molar-refractivity contribution in [2.45, 2.75) is 58.8 Å². The van der Waals surface area contributed by atoms with Crippen molar-refractivity contribution in [3.63, 3.8) is 0 Å². The van der Waals surface area contributed by atoms with E-state index in [1.54, 1.807) is 18.2 Å². The van der Waals surface area contributed by atoms with Gasteiger partial charge in [0.1, 0.15) is 18.1 Å². The summed E-state index contributed by atoms with van der Waals surface area (Å²) in [6.07, 6.45) is -0.0890. The smallest absolute Gasteiger partial charge is 0.494 e. The van der Waals surface area contributed by atoms with E-state index in [1.165, 1.54) is 0 Å². The van der Waals surface area contributed by atoms with E-state index in [-0.39, 0.29) is 13.0 Å². The lowest BCUT2D eigenvalue weighted by molar-refractivity contribution is -0.136. The maximum absolute atomic E-state index is 11.1. The Balaban J connectivity index is 1.83. The maximum Gasteiger partial charge on any atom is 0.494 e. The van der Waals surface area contributed by atoms with Crippen LogP contribution in [0.25, 0.3) is 0 Å². The number of ether oxygens (including phenoxy) is 2. The van der Waals surface area contributed by atoms with E-state index in [0.29, 0.717) is 23.7 Å². The topological polar surface area (TPSA) is 74.2 Å². The van der Waals surface area contributed by atoms with Crippen molar-refractivity contribution in [1.82, 2.24) is 0 Å². The first-order valence-electron chi connectivity index (χ1n) is 10.2. The van der Waals surface area contributed by atoms with Gasteiger partial charge in [-0.1, -0.05) is 24.3 Å². The van der Waals surface area contributed by atoms with Gasteiger partial charge in [-0.2, -0.15) is 0 Å². The van der Waals surface area contributed by atoms with Crippen molar-refractivity contribution in [3.8, 4) is 11.5 Å². The van der Waals surface area contributed by atoms with Crippen LogP contribution in [0.5, 0.6) is 11.5 Å². The number of carboxylic acid groups (broad SMARTS) is 1. The molecule has 0 bridgehead atoms. The second-order valence-corrected chi connectivity index (χ2v) is 8.40. The van der Waals surface area contributed by atoms with Crippen molar-refractivity contribution in [3.05, 3.63) is 53.6 Å². The predicted molar refractivity (Wildman–Crippen MR) is 115 cm³/mol. The molecule has 0 saturated carbocycles. The zero-order valence-corrected chi connectivity index (χ0v) is 18.2. The fourth-order valence-corrected chi connectivity index (χ4v) is 3.25. The highest BCUT2D eigenvalue weighted by Crippen LogP contribution is 2.36. The average molecular weight is 412 g/mol. The van der Waals surface area contributed by atoms with Crippen molar-refractivity contribution in [2.75, 3.05) is 6.61 Å². The molecule has 6 nitrogen and oxygen atoms in total. The molecule has 0 atom stereocenters. The van der Waals surface area contributed by atoms with E-state index in [2.05, 4.69) is 0 Å². The summed E-state index contributed by atoms with van der Waals surface area (Å²) in [5.74, 6) is 0.369. The van der Waals surface area contributed by atoms with E-state index in [0.717, 1.165) is 11.0 Å². The number of rotatable bonds is 8. The highest BCUT2D eigenvalue weighted by atomic mass is 16.7. The fraction of sp³-hybridized carbons (Fsp3) is 0.435. The second-order valence-electron chi connectivity index (χ2n) is 8.40. The molecule has 2 aromatic carbocycles. The third kappa shape index (κ3) is 4.97. The quantitative estimate of drug-likeness (QED) is 0.668. The first-order chi connectivity index (χ1) is 14.1. The van der Waals surface area contributed by atoms with Gasteiger partial charge in [0.05, 0.1) is 24.2 Å². The molecular formula is C23H29BO6. The molecule has 7 heteroatoms. The van der Waals surface area contributed by atoms with E-state index >= 15 is 0 Å². The second kappa shape index (κ2) is 8.70. The number of carbonyl (C=O) groups is 1. The third-order valence-corrected chi connectivity index (χ3v) is 5.53. The number of hydrogen-bond donors (Lipinski definition) is 1. The summed E-state index contributed by atoms with van der Waals surface area (Å²) in [6.45, 7) is 10.8. The Bertz CT molecular complexity index is 892. The molecule has 1 aliphatic rings. The van der Waals surface area contributed by atoms with Crippen LogP contribution in [-0.4, -0.2) is 36.0 Å². The van der Waals surface area contributed by atoms with Crippen LogP contribution in [0, 0.1) is 0 Å². The number of hydrogen-bond acceptors (Lipinski definition) is 5. The van der Waals surface area contributed by atoms with Gasteiger partial charge in [-0.05, 0) is 63.8 Å². The normalized spacial score (nSPS) is 17.0. The molecule has 1 saturated heterocycles. The zero-order chi connectivity index (χ0) is 21.9. The standard InChI is InChI=1S/C23H29BO6/c1-6-27-19-12-16(15-28-20-10-8-7-9-17(20)13-21(25)26)11-18(14-19)24-29-22(2,3)23(4,5)30-24/h7-12,14H,6,13,15H2,1-5H3,(H,25,26). The summed E-state index contributed by atoms with van der Waals surface area (Å²) in [4.78, 5) is 11.1. The van der Waals surface area contributed by atoms with Crippen LogP contribution in [0.4, 0.5) is 0 Å². The molecule has 0 spiro atoms. The predicted octanol–water partition coefficient (Wildman–Crippen LogP) is 3.59. The van der Waals surface area contributed by atoms with Gasteiger partial charge in [0.25, 0.3) is 0 Å². The fourth-order valence-electron chi connectivity index (χ4n) is 3.25. The van der Waals surface area contributed by atoms with Gasteiger partial charge in [0.2, 0.25) is 0 Å². The van der Waals surface area contributed by atoms with Crippen LogP contribution in [-0.2, 0) is 27.1 Å². The molecule has 30 heavy (non-hydrogen) atoms. The summed E-state index contributed by atoms with van der Waals surface area (Å²) in [6, 6.07) is 13.0. The molecule has 1 fully saturated rings. The Kier molecular flexibility index (Phi) is 6.43. The van der Waals surface area contributed by atoms with Gasteiger partial charge in [-0.15, -0.1) is 0 Å². The van der Waals surface area contributed by atoms with Crippen molar-refractivity contribution in [2.24, 2.45) is 0 Å². The summed E-state index contributed by atoms with van der Waals surface area (Å²) in [7, 11) is -0.506. The van der Waals surface area contributed by atoms with Gasteiger partial charge < -0.3 is 23.9 Å². The van der Waals surface area contributed by atoms with Crippen molar-refractivity contribution in [1.29, 1.82) is 0 Å². The number of benzene rings is 2. The molecule has 1 heterocycles. The average Bonchev–Trinajstić information content (AvgIpc) is 2.88. The van der Waals surface area contributed by atoms with Crippen LogP contribution in [0.2, 0.25) is 0 Å². The number of para-hydroxylation sites is 1. The Hall–Kier alpha value is -2.51. The van der Waals surface area contributed by atoms with E-state index in [1.807, 2.05) is 58.9 Å². The largest absolute Gasteiger partial charge is 0.494 e. The van der Waals surface area contributed by atoms with Crippen LogP contribution in [0.1, 0.15) is 45.7 Å².